The fraction of sp³-hybridized carbons (Fsp3) is 0.250. The summed E-state index contributed by atoms with van der Waals surface area (Å²) in [6.07, 6.45) is 2.06. The van der Waals surface area contributed by atoms with E-state index in [0.717, 1.165) is 34.8 Å². The lowest BCUT2D eigenvalue weighted by molar-refractivity contribution is 0.415. The van der Waals surface area contributed by atoms with Crippen LogP contribution in [0.2, 0.25) is 0 Å². The zero-order valence-corrected chi connectivity index (χ0v) is 9.82. The second-order valence-electron chi connectivity index (χ2n) is 3.97. The highest BCUT2D eigenvalue weighted by molar-refractivity contribution is 5.81. The molecule has 0 aliphatic rings. The number of hydrogen-bond donors (Lipinski definition) is 2. The van der Waals surface area contributed by atoms with Gasteiger partial charge in [0.25, 0.3) is 0 Å². The van der Waals surface area contributed by atoms with Crippen molar-refractivity contribution in [3.8, 4) is 5.75 Å². The number of fused-ring (bicyclic) bond motifs is 3. The van der Waals surface area contributed by atoms with Gasteiger partial charge in [0.1, 0.15) is 5.75 Å². The summed E-state index contributed by atoms with van der Waals surface area (Å²) in [6, 6.07) is 5.88. The minimum atomic E-state index is 0.800. The monoisotopic (exact) mass is 230 g/mol. The van der Waals surface area contributed by atoms with Crippen molar-refractivity contribution >= 4 is 16.8 Å². The lowest BCUT2D eigenvalue weighted by atomic mass is 10.3. The molecule has 3 rings (SSSR count). The maximum atomic E-state index is 5.23. The molecule has 0 spiro atoms. The van der Waals surface area contributed by atoms with Crippen molar-refractivity contribution < 1.29 is 4.74 Å². The smallest absolute Gasteiger partial charge is 0.212 e. The van der Waals surface area contributed by atoms with E-state index in [4.69, 9.17) is 4.74 Å². The third-order valence-corrected chi connectivity index (χ3v) is 2.82. The summed E-state index contributed by atoms with van der Waals surface area (Å²) in [5, 5.41) is 3.11. The first kappa shape index (κ1) is 10.2. The number of ether oxygens (including phenoxy) is 1. The summed E-state index contributed by atoms with van der Waals surface area (Å²) in [5.74, 6) is 1.70. The number of aromatic nitrogens is 3. The highest BCUT2D eigenvalue weighted by Gasteiger charge is 2.08. The van der Waals surface area contributed by atoms with E-state index in [1.807, 2.05) is 29.6 Å². The highest BCUT2D eigenvalue weighted by Crippen LogP contribution is 2.22. The van der Waals surface area contributed by atoms with Crippen LogP contribution in [0.25, 0.3) is 16.8 Å². The molecule has 3 aromatic rings. The fourth-order valence-corrected chi connectivity index (χ4v) is 2.03. The molecule has 5 nitrogen and oxygen atoms in total. The van der Waals surface area contributed by atoms with Crippen LogP contribution in [0.4, 0.5) is 0 Å². The standard InChI is InChI=1S/C12H14N4O/c1-13-6-8-7-16-11-5-9(17-2)3-4-10(11)15-12(16)14-8/h3-5,7,13H,6H2,1-2H3,(H,14,15). The Hall–Kier alpha value is -2.01. The van der Waals surface area contributed by atoms with Crippen LogP contribution in [-0.2, 0) is 6.54 Å². The fourth-order valence-electron chi connectivity index (χ4n) is 2.03. The van der Waals surface area contributed by atoms with E-state index in [1.165, 1.54) is 0 Å². The second kappa shape index (κ2) is 3.78. The van der Waals surface area contributed by atoms with Gasteiger partial charge in [0.2, 0.25) is 5.78 Å². The Balaban J connectivity index is 2.23. The molecule has 0 atom stereocenters. The number of hydrogen-bond acceptors (Lipinski definition) is 3. The van der Waals surface area contributed by atoms with Crippen LogP contribution < -0.4 is 10.1 Å². The molecule has 0 bridgehead atoms. The van der Waals surface area contributed by atoms with E-state index in [-0.39, 0.29) is 0 Å². The number of benzene rings is 1. The lowest BCUT2D eigenvalue weighted by Crippen LogP contribution is -2.04. The van der Waals surface area contributed by atoms with Crippen LogP contribution in [0.1, 0.15) is 5.69 Å². The van der Waals surface area contributed by atoms with Gasteiger partial charge in [-0.05, 0) is 19.2 Å². The van der Waals surface area contributed by atoms with Crippen molar-refractivity contribution in [3.63, 3.8) is 0 Å². The number of nitrogens with zero attached hydrogens (tertiary/aromatic N) is 2. The van der Waals surface area contributed by atoms with Crippen molar-refractivity contribution in [1.82, 2.24) is 19.7 Å². The minimum Gasteiger partial charge on any atom is -0.497 e. The molecule has 0 radical (unpaired) electrons. The molecular formula is C12H14N4O. The molecule has 0 saturated carbocycles. The Kier molecular flexibility index (Phi) is 2.26. The number of H-pyrrole nitrogens is 1. The molecule has 2 aromatic heterocycles. The Morgan fingerprint density at radius 1 is 1.47 bits per heavy atom. The van der Waals surface area contributed by atoms with Gasteiger partial charge in [-0.3, -0.25) is 4.40 Å². The molecular weight excluding hydrogens is 216 g/mol. The van der Waals surface area contributed by atoms with Gasteiger partial charge in [0.15, 0.2) is 0 Å². The molecule has 2 N–H and O–H groups in total. The summed E-state index contributed by atoms with van der Waals surface area (Å²) in [4.78, 5) is 7.79. The van der Waals surface area contributed by atoms with Crippen LogP contribution in [0.3, 0.4) is 0 Å². The van der Waals surface area contributed by atoms with Crippen molar-refractivity contribution in [3.05, 3.63) is 30.1 Å². The number of rotatable bonds is 3. The van der Waals surface area contributed by atoms with Gasteiger partial charge < -0.3 is 15.0 Å². The molecule has 2 heterocycles. The van der Waals surface area contributed by atoms with Gasteiger partial charge in [-0.1, -0.05) is 0 Å². The van der Waals surface area contributed by atoms with Crippen molar-refractivity contribution in [2.24, 2.45) is 0 Å². The van der Waals surface area contributed by atoms with E-state index in [9.17, 15) is 0 Å². The van der Waals surface area contributed by atoms with Crippen LogP contribution in [0.15, 0.2) is 24.4 Å². The summed E-state index contributed by atoms with van der Waals surface area (Å²) >= 11 is 0. The highest BCUT2D eigenvalue weighted by atomic mass is 16.5. The van der Waals surface area contributed by atoms with Crippen LogP contribution in [0.5, 0.6) is 5.75 Å². The SMILES string of the molecule is CNCc1cn2c(nc3ccc(OC)cc32)[nH]1. The molecule has 0 unspecified atom stereocenters. The average molecular weight is 230 g/mol. The van der Waals surface area contributed by atoms with Gasteiger partial charge in [0.05, 0.1) is 18.1 Å². The average Bonchev–Trinajstić information content (AvgIpc) is 2.86. The summed E-state index contributed by atoms with van der Waals surface area (Å²) in [5.41, 5.74) is 3.13. The van der Waals surface area contributed by atoms with E-state index in [1.54, 1.807) is 7.11 Å². The van der Waals surface area contributed by atoms with Crippen LogP contribution >= 0.6 is 0 Å². The third kappa shape index (κ3) is 1.55. The summed E-state index contributed by atoms with van der Waals surface area (Å²) < 4.78 is 7.28. The maximum Gasteiger partial charge on any atom is 0.212 e. The van der Waals surface area contributed by atoms with Crippen molar-refractivity contribution in [1.29, 1.82) is 0 Å². The summed E-state index contributed by atoms with van der Waals surface area (Å²) in [6.45, 7) is 0.800. The first-order valence-electron chi connectivity index (χ1n) is 5.50. The topological polar surface area (TPSA) is 54.4 Å². The Labute approximate surface area is 98.4 Å². The van der Waals surface area contributed by atoms with Gasteiger partial charge in [-0.2, -0.15) is 0 Å². The second-order valence-corrected chi connectivity index (χ2v) is 3.97. The molecule has 0 saturated heterocycles. The van der Waals surface area contributed by atoms with Crippen molar-refractivity contribution in [2.75, 3.05) is 14.2 Å². The largest absolute Gasteiger partial charge is 0.497 e. The Morgan fingerprint density at radius 3 is 3.12 bits per heavy atom. The molecule has 88 valence electrons. The molecule has 5 heteroatoms. The Morgan fingerprint density at radius 2 is 2.35 bits per heavy atom. The maximum absolute atomic E-state index is 5.23. The lowest BCUT2D eigenvalue weighted by Gasteiger charge is -1.98. The molecule has 0 amide bonds. The predicted molar refractivity (Wildman–Crippen MR) is 66.4 cm³/mol. The first-order chi connectivity index (χ1) is 8.31. The molecule has 0 fully saturated rings. The molecule has 0 aliphatic carbocycles. The quantitative estimate of drug-likeness (QED) is 0.717. The molecule has 17 heavy (non-hydrogen) atoms. The number of imidazole rings is 2. The first-order valence-corrected chi connectivity index (χ1v) is 5.50. The zero-order valence-electron chi connectivity index (χ0n) is 9.82. The Bertz CT molecular complexity index is 668. The van der Waals surface area contributed by atoms with E-state index < -0.39 is 0 Å². The third-order valence-electron chi connectivity index (χ3n) is 2.82. The van der Waals surface area contributed by atoms with Gasteiger partial charge >= 0.3 is 0 Å². The molecule has 1 aromatic carbocycles. The number of nitrogens with one attached hydrogen (secondary N) is 2. The van der Waals surface area contributed by atoms with Gasteiger partial charge in [0, 0.05) is 24.5 Å². The number of methoxy groups -OCH3 is 1. The molecule has 0 aliphatic heterocycles. The predicted octanol–water partition coefficient (Wildman–Crippen LogP) is 1.54. The zero-order chi connectivity index (χ0) is 11.8. The van der Waals surface area contributed by atoms with E-state index in [0.29, 0.717) is 0 Å². The van der Waals surface area contributed by atoms with Gasteiger partial charge in [-0.15, -0.1) is 0 Å². The normalized spacial score (nSPS) is 11.4. The van der Waals surface area contributed by atoms with Crippen LogP contribution in [0, 0.1) is 0 Å². The van der Waals surface area contributed by atoms with Crippen LogP contribution in [-0.4, -0.2) is 28.5 Å². The summed E-state index contributed by atoms with van der Waals surface area (Å²) in [7, 11) is 3.59. The van der Waals surface area contributed by atoms with Gasteiger partial charge in [-0.25, -0.2) is 4.98 Å². The van der Waals surface area contributed by atoms with Crippen molar-refractivity contribution in [2.45, 2.75) is 6.54 Å². The van der Waals surface area contributed by atoms with E-state index in [2.05, 4.69) is 21.5 Å². The minimum absolute atomic E-state index is 0.800. The number of aromatic amines is 1. The van der Waals surface area contributed by atoms with E-state index >= 15 is 0 Å².